The van der Waals surface area contributed by atoms with E-state index >= 15 is 0 Å². The normalized spacial score (nSPS) is 13.3. The van der Waals surface area contributed by atoms with Gasteiger partial charge < -0.3 is 4.90 Å². The van der Waals surface area contributed by atoms with Gasteiger partial charge in [0.1, 0.15) is 0 Å². The summed E-state index contributed by atoms with van der Waals surface area (Å²) in [4.78, 5) is 41.7. The van der Waals surface area contributed by atoms with E-state index in [1.54, 1.807) is 60.5 Å². The number of ketones is 3. The maximum Gasteiger partial charge on any atom is 0.198 e. The Bertz CT molecular complexity index is 1180. The highest BCUT2D eigenvalue weighted by Crippen LogP contribution is 2.33. The third-order valence-corrected chi connectivity index (χ3v) is 5.64. The minimum absolute atomic E-state index is 0.0133. The van der Waals surface area contributed by atoms with Gasteiger partial charge in [0.2, 0.25) is 0 Å². The van der Waals surface area contributed by atoms with E-state index < -0.39 is 5.78 Å². The number of anilines is 1. The number of likely N-dealkylation sites (N-methyl/N-ethyl adjacent to an activating group) is 1. The van der Waals surface area contributed by atoms with Gasteiger partial charge in [-0.2, -0.15) is 0 Å². The van der Waals surface area contributed by atoms with Crippen LogP contribution in [0.2, 0.25) is 0 Å². The van der Waals surface area contributed by atoms with Gasteiger partial charge in [-0.15, -0.1) is 0 Å². The van der Waals surface area contributed by atoms with Crippen LogP contribution in [0.3, 0.4) is 0 Å². The molecule has 0 aliphatic heterocycles. The van der Waals surface area contributed by atoms with Gasteiger partial charge in [0.05, 0.1) is 12.1 Å². The number of rotatable bonds is 5. The highest BCUT2D eigenvalue weighted by molar-refractivity contribution is 9.10. The molecule has 4 nitrogen and oxygen atoms in total. The minimum atomic E-state index is -0.408. The minimum Gasteiger partial charge on any atom is -0.367 e. The molecule has 0 fully saturated rings. The van der Waals surface area contributed by atoms with Crippen LogP contribution < -0.4 is 4.90 Å². The monoisotopic (exact) mass is 459 g/mol. The Morgan fingerprint density at radius 1 is 0.800 bits per heavy atom. The van der Waals surface area contributed by atoms with Crippen molar-refractivity contribution in [1.82, 2.24) is 0 Å². The molecule has 5 heteroatoms. The zero-order valence-electron chi connectivity index (χ0n) is 16.3. The number of halogens is 1. The molecule has 3 aromatic carbocycles. The van der Waals surface area contributed by atoms with Crippen LogP contribution in [0.4, 0.5) is 5.69 Å². The Labute approximate surface area is 183 Å². The summed E-state index contributed by atoms with van der Waals surface area (Å²) in [7, 11) is 1.79. The summed E-state index contributed by atoms with van der Waals surface area (Å²) in [5.41, 5.74) is 2.12. The summed E-state index contributed by atoms with van der Waals surface area (Å²) < 4.78 is 0.846. The molecule has 0 atom stereocenters. The van der Waals surface area contributed by atoms with E-state index in [-0.39, 0.29) is 34.8 Å². The van der Waals surface area contributed by atoms with Crippen LogP contribution in [0.1, 0.15) is 26.3 Å². The molecule has 3 aromatic rings. The van der Waals surface area contributed by atoms with E-state index in [1.165, 1.54) is 0 Å². The van der Waals surface area contributed by atoms with E-state index in [1.807, 2.05) is 30.3 Å². The van der Waals surface area contributed by atoms with Crippen LogP contribution in [0, 0.1) is 0 Å². The van der Waals surface area contributed by atoms with E-state index in [4.69, 9.17) is 0 Å². The number of Topliss-reactive ketones (excluding diaryl/α,β-unsaturated/α-hetero) is 3. The molecule has 1 aliphatic carbocycles. The molecule has 0 saturated carbocycles. The highest BCUT2D eigenvalue weighted by atomic mass is 79.9. The summed E-state index contributed by atoms with van der Waals surface area (Å²) in [5, 5.41) is 0. The van der Waals surface area contributed by atoms with Gasteiger partial charge in [0, 0.05) is 33.9 Å². The van der Waals surface area contributed by atoms with E-state index in [0.717, 1.165) is 10.2 Å². The lowest BCUT2D eigenvalue weighted by atomic mass is 9.79. The molecule has 4 rings (SSSR count). The third-order valence-electron chi connectivity index (χ3n) is 5.11. The van der Waals surface area contributed by atoms with Crippen molar-refractivity contribution in [1.29, 1.82) is 0 Å². The Morgan fingerprint density at radius 2 is 1.37 bits per heavy atom. The number of allylic oxidation sites excluding steroid dienone is 1. The third kappa shape index (κ3) is 3.64. The molecule has 0 bridgehead atoms. The fourth-order valence-corrected chi connectivity index (χ4v) is 3.87. The lowest BCUT2D eigenvalue weighted by Crippen LogP contribution is -2.32. The largest absolute Gasteiger partial charge is 0.367 e. The Morgan fingerprint density at radius 3 is 2.00 bits per heavy atom. The van der Waals surface area contributed by atoms with Crippen LogP contribution >= 0.6 is 15.9 Å². The SMILES string of the molecule is CN(CC(=O)C1=C(c2ccc(Br)cc2)C(=O)c2ccccc2C1=O)c1ccccc1. The summed E-state index contributed by atoms with van der Waals surface area (Å²) in [6.45, 7) is -0.0133. The fourth-order valence-electron chi connectivity index (χ4n) is 3.60. The van der Waals surface area contributed by atoms with Crippen molar-refractivity contribution in [2.24, 2.45) is 0 Å². The molecule has 1 aliphatic rings. The number of fused-ring (bicyclic) bond motifs is 1. The zero-order chi connectivity index (χ0) is 21.3. The fraction of sp³-hybridized carbons (Fsp3) is 0.0800. The first-order valence-electron chi connectivity index (χ1n) is 9.45. The summed E-state index contributed by atoms with van der Waals surface area (Å²) in [5.74, 6) is -1.10. The van der Waals surface area contributed by atoms with Gasteiger partial charge in [0.15, 0.2) is 17.3 Å². The lowest BCUT2D eigenvalue weighted by Gasteiger charge is -2.23. The van der Waals surface area contributed by atoms with Gasteiger partial charge in [0.25, 0.3) is 0 Å². The molecule has 0 radical (unpaired) electrons. The van der Waals surface area contributed by atoms with Crippen LogP contribution in [-0.4, -0.2) is 30.9 Å². The van der Waals surface area contributed by atoms with Crippen molar-refractivity contribution in [3.05, 3.63) is 106 Å². The Hall–Kier alpha value is -3.31. The molecule has 0 heterocycles. The van der Waals surface area contributed by atoms with E-state index in [0.29, 0.717) is 11.1 Å². The second kappa shape index (κ2) is 8.20. The van der Waals surface area contributed by atoms with Crippen molar-refractivity contribution in [2.45, 2.75) is 0 Å². The molecular formula is C25H18BrNO3. The van der Waals surface area contributed by atoms with Crippen molar-refractivity contribution in [3.63, 3.8) is 0 Å². The summed E-state index contributed by atoms with van der Waals surface area (Å²) >= 11 is 3.38. The van der Waals surface area contributed by atoms with Crippen molar-refractivity contribution in [3.8, 4) is 0 Å². The molecule has 0 amide bonds. The Kier molecular flexibility index (Phi) is 5.46. The van der Waals surface area contributed by atoms with Gasteiger partial charge >= 0.3 is 0 Å². The molecule has 0 N–H and O–H groups in total. The molecule has 0 saturated heterocycles. The van der Waals surface area contributed by atoms with Crippen molar-refractivity contribution < 1.29 is 14.4 Å². The topological polar surface area (TPSA) is 54.5 Å². The molecule has 0 aromatic heterocycles. The molecular weight excluding hydrogens is 442 g/mol. The van der Waals surface area contributed by atoms with Gasteiger partial charge in [-0.05, 0) is 29.8 Å². The van der Waals surface area contributed by atoms with E-state index in [2.05, 4.69) is 15.9 Å². The highest BCUT2D eigenvalue weighted by Gasteiger charge is 2.36. The maximum absolute atomic E-state index is 13.3. The number of nitrogens with zero attached hydrogens (tertiary/aromatic N) is 1. The van der Waals surface area contributed by atoms with Gasteiger partial charge in [-0.25, -0.2) is 0 Å². The second-order valence-corrected chi connectivity index (χ2v) is 7.99. The molecule has 0 spiro atoms. The van der Waals surface area contributed by atoms with Crippen LogP contribution in [0.15, 0.2) is 88.9 Å². The van der Waals surface area contributed by atoms with Crippen LogP contribution in [0.5, 0.6) is 0 Å². The zero-order valence-corrected chi connectivity index (χ0v) is 17.8. The maximum atomic E-state index is 13.3. The average molecular weight is 460 g/mol. The number of benzene rings is 3. The van der Waals surface area contributed by atoms with Crippen molar-refractivity contribution >= 4 is 44.5 Å². The van der Waals surface area contributed by atoms with Crippen LogP contribution in [0.25, 0.3) is 5.57 Å². The molecule has 148 valence electrons. The van der Waals surface area contributed by atoms with Crippen molar-refractivity contribution in [2.75, 3.05) is 18.5 Å². The molecule has 30 heavy (non-hydrogen) atoms. The predicted molar refractivity (Wildman–Crippen MR) is 121 cm³/mol. The smallest absolute Gasteiger partial charge is 0.198 e. The summed E-state index contributed by atoms with van der Waals surface area (Å²) in [6.07, 6.45) is 0. The van der Waals surface area contributed by atoms with Gasteiger partial charge in [-0.3, -0.25) is 14.4 Å². The number of para-hydroxylation sites is 1. The number of carbonyl (C=O) groups is 3. The summed E-state index contributed by atoms with van der Waals surface area (Å²) in [6, 6.07) is 23.2. The van der Waals surface area contributed by atoms with E-state index in [9.17, 15) is 14.4 Å². The quantitative estimate of drug-likeness (QED) is 0.504. The predicted octanol–water partition coefficient (Wildman–Crippen LogP) is 4.99. The second-order valence-electron chi connectivity index (χ2n) is 7.08. The number of hydrogen-bond acceptors (Lipinski definition) is 4. The van der Waals surface area contributed by atoms with Gasteiger partial charge in [-0.1, -0.05) is 70.5 Å². The molecule has 0 unspecified atom stereocenters. The standard InChI is InChI=1S/C25H18BrNO3/c1-27(18-7-3-2-4-8-18)15-21(28)23-22(16-11-13-17(26)14-12-16)24(29)19-9-5-6-10-20(19)25(23)30/h2-14H,15H2,1H3. The first kappa shape index (κ1) is 20.0. The Balaban J connectivity index is 1.82. The lowest BCUT2D eigenvalue weighted by molar-refractivity contribution is -0.114. The number of carbonyl (C=O) groups excluding carboxylic acids is 3. The average Bonchev–Trinajstić information content (AvgIpc) is 2.77. The number of hydrogen-bond donors (Lipinski definition) is 0. The first-order chi connectivity index (χ1) is 14.5. The van der Waals surface area contributed by atoms with Crippen LogP contribution in [-0.2, 0) is 4.79 Å². The first-order valence-corrected chi connectivity index (χ1v) is 10.2.